The summed E-state index contributed by atoms with van der Waals surface area (Å²) in [5.41, 5.74) is 4.31. The SMILES string of the molecule is Cc1cnc(NS(=O)(=O)c2ccc(N3CC[C@H](N4CCc5c4ccc(F)c5Cl)C3=O)cc2)s1.O=C1[C@@H](N2CCc3c2ccc(F)c3Cl)CCN1c1ccc(S(=O)(=O)Cl)cc1. The van der Waals surface area contributed by atoms with E-state index in [-0.39, 0.29) is 43.7 Å². The van der Waals surface area contributed by atoms with Gasteiger partial charge in [0.15, 0.2) is 5.13 Å². The number of fused-ring (bicyclic) bond motifs is 2. The van der Waals surface area contributed by atoms with Gasteiger partial charge in [0.1, 0.15) is 23.7 Å². The van der Waals surface area contributed by atoms with Crippen LogP contribution < -0.4 is 24.3 Å². The topological polar surface area (TPSA) is 140 Å². The van der Waals surface area contributed by atoms with Gasteiger partial charge in [-0.2, -0.15) is 0 Å². The van der Waals surface area contributed by atoms with Crippen LogP contribution in [-0.4, -0.2) is 71.9 Å². The number of benzene rings is 4. The summed E-state index contributed by atoms with van der Waals surface area (Å²) >= 11 is 13.4. The molecule has 4 aliphatic heterocycles. The zero-order valence-corrected chi connectivity index (χ0v) is 36.3. The molecule has 12 nitrogen and oxygen atoms in total. The van der Waals surface area contributed by atoms with E-state index >= 15 is 0 Å². The third-order valence-electron chi connectivity index (χ3n) is 11.0. The highest BCUT2D eigenvalue weighted by Gasteiger charge is 2.41. The summed E-state index contributed by atoms with van der Waals surface area (Å²) in [6.45, 7) is 4.07. The Morgan fingerprint density at radius 2 is 1.13 bits per heavy atom. The number of nitrogens with one attached hydrogen (secondary N) is 1. The van der Waals surface area contributed by atoms with Crippen LogP contribution in [0.15, 0.2) is 88.8 Å². The largest absolute Gasteiger partial charge is 0.359 e. The van der Waals surface area contributed by atoms with E-state index in [9.17, 15) is 35.2 Å². The average Bonchev–Trinajstić information content (AvgIpc) is 4.06. The molecule has 0 radical (unpaired) electrons. The first-order chi connectivity index (χ1) is 28.5. The number of hydrogen-bond donors (Lipinski definition) is 1. The third kappa shape index (κ3) is 8.02. The molecule has 0 aliphatic carbocycles. The molecule has 5 aromatic rings. The molecule has 20 heteroatoms. The molecule has 0 unspecified atom stereocenters. The standard InChI is InChI=1S/C22H20ClFN4O3S2.C18H15Cl2FN2O3S/c1-13-12-25-22(32-13)26-33(30,31)15-4-2-14(3-5-15)27-11-9-19(21(27)29)28-10-8-16-18(28)7-6-17(24)20(16)23;19-17-13-7-9-23(15(13)6-5-14(17)21)16-8-10-22(18(16)24)11-1-3-12(4-2-11)27(20,25)26/h2-7,12,19H,8-11H2,1H3,(H,25,26);1-6,16H,7-10H2/t19-;16-/m00/s1. The molecule has 2 atom stereocenters. The zero-order valence-electron chi connectivity index (χ0n) is 31.6. The molecule has 4 aliphatic rings. The van der Waals surface area contributed by atoms with Crippen molar-refractivity contribution in [3.8, 4) is 0 Å². The fraction of sp³-hybridized carbons (Fsp3) is 0.275. The highest BCUT2D eigenvalue weighted by Crippen LogP contribution is 2.40. The molecule has 60 heavy (non-hydrogen) atoms. The van der Waals surface area contributed by atoms with Crippen molar-refractivity contribution in [1.29, 1.82) is 0 Å². The first-order valence-corrected chi connectivity index (χ1v) is 24.1. The summed E-state index contributed by atoms with van der Waals surface area (Å²) in [6, 6.07) is 17.4. The minimum Gasteiger partial charge on any atom is -0.359 e. The number of rotatable bonds is 8. The maximum Gasteiger partial charge on any atom is 0.263 e. The average molecular weight is 936 g/mol. The molecule has 2 saturated heterocycles. The summed E-state index contributed by atoms with van der Waals surface area (Å²) in [5, 5.41) is 0.547. The number of aryl methyl sites for hydroxylation is 1. The molecule has 1 N–H and O–H groups in total. The van der Waals surface area contributed by atoms with Crippen LogP contribution in [0.4, 0.5) is 36.7 Å². The van der Waals surface area contributed by atoms with E-state index in [1.807, 2.05) is 16.7 Å². The Kier molecular flexibility index (Phi) is 11.5. The second kappa shape index (κ2) is 16.4. The maximum atomic E-state index is 13.8. The molecular weight excluding hydrogens is 901 g/mol. The van der Waals surface area contributed by atoms with Gasteiger partial charge in [-0.3, -0.25) is 14.3 Å². The van der Waals surface area contributed by atoms with E-state index < -0.39 is 30.7 Å². The summed E-state index contributed by atoms with van der Waals surface area (Å²) in [5.74, 6) is -1.06. The number of sulfonamides is 1. The van der Waals surface area contributed by atoms with Crippen LogP contribution in [-0.2, 0) is 41.5 Å². The molecule has 0 spiro atoms. The van der Waals surface area contributed by atoms with Crippen molar-refractivity contribution in [2.75, 3.05) is 50.5 Å². The van der Waals surface area contributed by atoms with Crippen LogP contribution in [0, 0.1) is 18.6 Å². The van der Waals surface area contributed by atoms with Gasteiger partial charge < -0.3 is 19.6 Å². The number of hydrogen-bond acceptors (Lipinski definition) is 10. The molecule has 0 bridgehead atoms. The Hall–Kier alpha value is -4.52. The normalized spacial score (nSPS) is 18.8. The first-order valence-electron chi connectivity index (χ1n) is 18.7. The van der Waals surface area contributed by atoms with Gasteiger partial charge in [-0.1, -0.05) is 23.2 Å². The number of carbonyl (C=O) groups excluding carboxylic acids is 2. The van der Waals surface area contributed by atoms with Gasteiger partial charge in [0.25, 0.3) is 19.1 Å². The fourth-order valence-electron chi connectivity index (χ4n) is 8.12. The molecule has 0 saturated carbocycles. The number of amides is 2. The summed E-state index contributed by atoms with van der Waals surface area (Å²) in [6.07, 6.45) is 4.01. The highest BCUT2D eigenvalue weighted by atomic mass is 35.7. The number of nitrogens with zero attached hydrogens (tertiary/aromatic N) is 5. The van der Waals surface area contributed by atoms with Gasteiger partial charge >= 0.3 is 0 Å². The van der Waals surface area contributed by atoms with E-state index in [1.54, 1.807) is 52.4 Å². The monoisotopic (exact) mass is 934 g/mol. The Morgan fingerprint density at radius 1 is 0.683 bits per heavy atom. The number of halogens is 5. The van der Waals surface area contributed by atoms with E-state index in [2.05, 4.69) is 9.71 Å². The molecule has 2 fully saturated rings. The molecular formula is C40H35Cl3F2N6O6S3. The summed E-state index contributed by atoms with van der Waals surface area (Å²) in [4.78, 5) is 38.4. The van der Waals surface area contributed by atoms with Crippen LogP contribution in [0.25, 0.3) is 0 Å². The Labute approximate surface area is 363 Å². The minimum absolute atomic E-state index is 0.0127. The number of anilines is 5. The fourth-order valence-corrected chi connectivity index (χ4v) is 11.3. The van der Waals surface area contributed by atoms with Crippen molar-refractivity contribution in [1.82, 2.24) is 4.98 Å². The van der Waals surface area contributed by atoms with Crippen LogP contribution in [0.5, 0.6) is 0 Å². The quantitative estimate of drug-likeness (QED) is 0.155. The third-order valence-corrected chi connectivity index (χ3v) is 15.5. The van der Waals surface area contributed by atoms with Crippen LogP contribution in [0.3, 0.4) is 0 Å². The predicted octanol–water partition coefficient (Wildman–Crippen LogP) is 7.79. The van der Waals surface area contributed by atoms with E-state index in [0.29, 0.717) is 68.4 Å². The smallest absolute Gasteiger partial charge is 0.263 e. The van der Waals surface area contributed by atoms with Gasteiger partial charge in [-0.05, 0) is 117 Å². The molecule has 9 rings (SSSR count). The second-order valence-corrected chi connectivity index (χ2v) is 20.7. The molecule has 4 aromatic carbocycles. The maximum absolute atomic E-state index is 13.8. The first kappa shape index (κ1) is 42.2. The van der Waals surface area contributed by atoms with E-state index in [1.165, 1.54) is 47.7 Å². The molecule has 314 valence electrons. The van der Waals surface area contributed by atoms with Gasteiger partial charge in [-0.25, -0.2) is 30.6 Å². The van der Waals surface area contributed by atoms with Crippen LogP contribution in [0.2, 0.25) is 10.0 Å². The van der Waals surface area contributed by atoms with Crippen molar-refractivity contribution in [2.24, 2.45) is 0 Å². The van der Waals surface area contributed by atoms with Crippen LogP contribution >= 0.6 is 45.2 Å². The Balaban J connectivity index is 0.000000170. The van der Waals surface area contributed by atoms with Crippen molar-refractivity contribution in [2.45, 2.75) is 54.5 Å². The van der Waals surface area contributed by atoms with Crippen molar-refractivity contribution >= 4 is 104 Å². The lowest BCUT2D eigenvalue weighted by molar-refractivity contribution is -0.119. The van der Waals surface area contributed by atoms with Gasteiger partial charge in [0.2, 0.25) is 11.8 Å². The number of thiazole rings is 1. The van der Waals surface area contributed by atoms with Crippen molar-refractivity contribution < 1.29 is 35.2 Å². The molecule has 2 amide bonds. The van der Waals surface area contributed by atoms with Gasteiger partial charge in [0, 0.05) is 70.7 Å². The van der Waals surface area contributed by atoms with Gasteiger partial charge in [0.05, 0.1) is 19.8 Å². The van der Waals surface area contributed by atoms with Crippen molar-refractivity contribution in [3.63, 3.8) is 0 Å². The summed E-state index contributed by atoms with van der Waals surface area (Å²) in [7, 11) is -2.25. The number of aromatic nitrogens is 1. The van der Waals surface area contributed by atoms with Gasteiger partial charge in [-0.15, -0.1) is 11.3 Å². The highest BCUT2D eigenvalue weighted by molar-refractivity contribution is 8.13. The Morgan fingerprint density at radius 3 is 1.55 bits per heavy atom. The number of carbonyl (C=O) groups is 2. The van der Waals surface area contributed by atoms with E-state index in [4.69, 9.17) is 33.9 Å². The lowest BCUT2D eigenvalue weighted by Crippen LogP contribution is -2.41. The zero-order chi connectivity index (χ0) is 42.7. The Bertz CT molecular complexity index is 2740. The predicted molar refractivity (Wildman–Crippen MR) is 230 cm³/mol. The molecule has 1 aromatic heterocycles. The lowest BCUT2D eigenvalue weighted by atomic mass is 10.1. The van der Waals surface area contributed by atoms with E-state index in [0.717, 1.165) is 27.4 Å². The minimum atomic E-state index is -3.80. The summed E-state index contributed by atoms with van der Waals surface area (Å²) < 4.78 is 77.9. The lowest BCUT2D eigenvalue weighted by Gasteiger charge is -2.26. The molecule has 5 heterocycles. The second-order valence-electron chi connectivity index (χ2n) is 14.5. The van der Waals surface area contributed by atoms with Crippen molar-refractivity contribution in [3.05, 3.63) is 117 Å². The van der Waals surface area contributed by atoms with Crippen LogP contribution in [0.1, 0.15) is 28.8 Å².